The van der Waals surface area contributed by atoms with Gasteiger partial charge in [-0.2, -0.15) is 0 Å². The van der Waals surface area contributed by atoms with Crippen LogP contribution in [0.4, 0.5) is 0 Å². The van der Waals surface area contributed by atoms with E-state index in [1.807, 2.05) is 0 Å². The normalized spacial score (nSPS) is 50.1. The number of carbonyl (C=O) groups excluding carboxylic acids is 1. The van der Waals surface area contributed by atoms with Crippen molar-refractivity contribution in [1.82, 2.24) is 4.90 Å². The van der Waals surface area contributed by atoms with Gasteiger partial charge in [0.2, 0.25) is 5.91 Å². The first-order valence-electron chi connectivity index (χ1n) is 8.98. The average Bonchev–Trinajstić information content (AvgIpc) is 3.15. The zero-order valence-electron chi connectivity index (χ0n) is 13.2. The second-order valence-electron chi connectivity index (χ2n) is 9.72. The summed E-state index contributed by atoms with van der Waals surface area (Å²) in [6.07, 6.45) is 10.2. The Balaban J connectivity index is 1.37. The number of carbonyl (C=O) groups is 1. The molecule has 1 aliphatic heterocycles. The third-order valence-corrected chi connectivity index (χ3v) is 7.46. The quantitative estimate of drug-likeness (QED) is 0.849. The Morgan fingerprint density at radius 3 is 2.24 bits per heavy atom. The van der Waals surface area contributed by atoms with Crippen molar-refractivity contribution in [3.63, 3.8) is 0 Å². The molecule has 116 valence electrons. The number of hydrogen-bond acceptors (Lipinski definition) is 2. The molecular formula is C18H28N2O. The standard InChI is InChI=1S/C18H28N2O/c1-16-5-12-4-13(6-16)8-17(7-12,9-16)15(21)20-10-18(19,11-20)14-2-3-14/h12-14H,2-11,19H2,1H3. The highest BCUT2D eigenvalue weighted by atomic mass is 16.2. The lowest BCUT2D eigenvalue weighted by atomic mass is 9.44. The SMILES string of the molecule is CC12CC3CC(C1)CC(C(=O)N1CC(N)(C4CC4)C1)(C3)C2. The maximum atomic E-state index is 13.2. The minimum absolute atomic E-state index is 0.00368. The van der Waals surface area contributed by atoms with Crippen molar-refractivity contribution >= 4 is 5.91 Å². The highest BCUT2D eigenvalue weighted by Gasteiger charge is 2.62. The Hall–Kier alpha value is -0.570. The van der Waals surface area contributed by atoms with Gasteiger partial charge in [0.1, 0.15) is 0 Å². The van der Waals surface area contributed by atoms with Gasteiger partial charge in [-0.3, -0.25) is 4.79 Å². The van der Waals surface area contributed by atoms with Gasteiger partial charge in [-0.05, 0) is 74.5 Å². The monoisotopic (exact) mass is 288 g/mol. The van der Waals surface area contributed by atoms with Crippen LogP contribution in [0.15, 0.2) is 0 Å². The molecule has 6 rings (SSSR count). The van der Waals surface area contributed by atoms with Gasteiger partial charge in [0.05, 0.1) is 11.0 Å². The largest absolute Gasteiger partial charge is 0.338 e. The van der Waals surface area contributed by atoms with Gasteiger partial charge in [-0.1, -0.05) is 6.92 Å². The first kappa shape index (κ1) is 12.9. The van der Waals surface area contributed by atoms with Crippen LogP contribution in [-0.4, -0.2) is 29.4 Å². The lowest BCUT2D eigenvalue weighted by molar-refractivity contribution is -0.173. The van der Waals surface area contributed by atoms with E-state index < -0.39 is 0 Å². The van der Waals surface area contributed by atoms with E-state index in [4.69, 9.17) is 5.73 Å². The molecular weight excluding hydrogens is 260 g/mol. The molecule has 3 nitrogen and oxygen atoms in total. The number of nitrogens with two attached hydrogens (primary N) is 1. The van der Waals surface area contributed by atoms with Crippen LogP contribution < -0.4 is 5.73 Å². The molecule has 5 saturated carbocycles. The van der Waals surface area contributed by atoms with Gasteiger partial charge in [-0.25, -0.2) is 0 Å². The third-order valence-electron chi connectivity index (χ3n) is 7.46. The topological polar surface area (TPSA) is 46.3 Å². The second-order valence-corrected chi connectivity index (χ2v) is 9.72. The van der Waals surface area contributed by atoms with Crippen molar-refractivity contribution < 1.29 is 4.79 Å². The van der Waals surface area contributed by atoms with Gasteiger partial charge in [0, 0.05) is 13.1 Å². The molecule has 2 unspecified atom stereocenters. The summed E-state index contributed by atoms with van der Waals surface area (Å²) in [5.74, 6) is 2.83. The van der Waals surface area contributed by atoms with E-state index in [-0.39, 0.29) is 11.0 Å². The molecule has 3 heteroatoms. The van der Waals surface area contributed by atoms with E-state index in [1.54, 1.807) is 0 Å². The van der Waals surface area contributed by atoms with Crippen molar-refractivity contribution in [3.05, 3.63) is 0 Å². The van der Waals surface area contributed by atoms with Crippen molar-refractivity contribution in [1.29, 1.82) is 0 Å². The Kier molecular flexibility index (Phi) is 2.26. The smallest absolute Gasteiger partial charge is 0.228 e. The molecule has 0 spiro atoms. The summed E-state index contributed by atoms with van der Waals surface area (Å²) in [5.41, 5.74) is 6.90. The minimum Gasteiger partial charge on any atom is -0.338 e. The fraction of sp³-hybridized carbons (Fsp3) is 0.944. The maximum absolute atomic E-state index is 13.2. The predicted octanol–water partition coefficient (Wildman–Crippen LogP) is 2.54. The Morgan fingerprint density at radius 1 is 1.10 bits per heavy atom. The minimum atomic E-state index is -0.0259. The summed E-state index contributed by atoms with van der Waals surface area (Å²) in [6, 6.07) is 0. The molecule has 5 aliphatic carbocycles. The van der Waals surface area contributed by atoms with Crippen LogP contribution in [-0.2, 0) is 4.79 Å². The highest BCUT2D eigenvalue weighted by Crippen LogP contribution is 2.65. The molecule has 6 fully saturated rings. The van der Waals surface area contributed by atoms with Crippen LogP contribution in [0.1, 0.15) is 58.3 Å². The van der Waals surface area contributed by atoms with Crippen molar-refractivity contribution in [2.75, 3.05) is 13.1 Å². The van der Waals surface area contributed by atoms with E-state index in [9.17, 15) is 4.79 Å². The van der Waals surface area contributed by atoms with Crippen LogP contribution in [0.5, 0.6) is 0 Å². The van der Waals surface area contributed by atoms with E-state index in [2.05, 4.69) is 11.8 Å². The van der Waals surface area contributed by atoms with Gasteiger partial charge in [0.25, 0.3) is 0 Å². The van der Waals surface area contributed by atoms with Gasteiger partial charge in [-0.15, -0.1) is 0 Å². The first-order chi connectivity index (χ1) is 9.90. The molecule has 0 aromatic rings. The molecule has 0 radical (unpaired) electrons. The summed E-state index contributed by atoms with van der Waals surface area (Å²) in [6.45, 7) is 4.12. The van der Waals surface area contributed by atoms with Crippen LogP contribution in [0.3, 0.4) is 0 Å². The number of hydrogen-bond donors (Lipinski definition) is 1. The van der Waals surface area contributed by atoms with Crippen LogP contribution in [0.2, 0.25) is 0 Å². The van der Waals surface area contributed by atoms with Crippen molar-refractivity contribution in [2.24, 2.45) is 34.3 Å². The Bertz CT molecular complexity index is 489. The summed E-state index contributed by atoms with van der Waals surface area (Å²) in [5, 5.41) is 0. The first-order valence-corrected chi connectivity index (χ1v) is 8.98. The van der Waals surface area contributed by atoms with E-state index in [0.717, 1.165) is 31.3 Å². The summed E-state index contributed by atoms with van der Waals surface area (Å²) < 4.78 is 0. The van der Waals surface area contributed by atoms with Gasteiger partial charge < -0.3 is 10.6 Å². The van der Waals surface area contributed by atoms with Crippen molar-refractivity contribution in [3.8, 4) is 0 Å². The molecule has 6 aliphatic rings. The van der Waals surface area contributed by atoms with Crippen LogP contribution in [0, 0.1) is 28.6 Å². The Labute approximate surface area is 127 Å². The van der Waals surface area contributed by atoms with Gasteiger partial charge in [0.15, 0.2) is 0 Å². The highest BCUT2D eigenvalue weighted by molar-refractivity contribution is 5.84. The number of likely N-dealkylation sites (tertiary alicyclic amines) is 1. The molecule has 2 atom stereocenters. The summed E-state index contributed by atoms with van der Waals surface area (Å²) in [7, 11) is 0. The van der Waals surface area contributed by atoms with Crippen LogP contribution in [0.25, 0.3) is 0 Å². The number of amides is 1. The molecule has 1 amide bonds. The zero-order valence-corrected chi connectivity index (χ0v) is 13.2. The van der Waals surface area contributed by atoms with Crippen molar-refractivity contribution in [2.45, 2.75) is 63.8 Å². The Morgan fingerprint density at radius 2 is 1.71 bits per heavy atom. The zero-order chi connectivity index (χ0) is 14.5. The van der Waals surface area contributed by atoms with E-state index >= 15 is 0 Å². The third kappa shape index (κ3) is 1.73. The number of nitrogens with zero attached hydrogens (tertiary/aromatic N) is 1. The van der Waals surface area contributed by atoms with E-state index in [0.29, 0.717) is 17.2 Å². The van der Waals surface area contributed by atoms with E-state index in [1.165, 1.54) is 44.9 Å². The summed E-state index contributed by atoms with van der Waals surface area (Å²) >= 11 is 0. The van der Waals surface area contributed by atoms with Gasteiger partial charge >= 0.3 is 0 Å². The second kappa shape index (κ2) is 3.67. The average molecular weight is 288 g/mol. The fourth-order valence-corrected chi connectivity index (χ4v) is 7.03. The maximum Gasteiger partial charge on any atom is 0.228 e. The molecule has 21 heavy (non-hydrogen) atoms. The molecule has 1 saturated heterocycles. The fourth-order valence-electron chi connectivity index (χ4n) is 7.03. The molecule has 2 N–H and O–H groups in total. The molecule has 0 aromatic carbocycles. The summed E-state index contributed by atoms with van der Waals surface area (Å²) in [4.78, 5) is 15.3. The molecule has 4 bridgehead atoms. The molecule has 0 aromatic heterocycles. The lowest BCUT2D eigenvalue weighted by Gasteiger charge is -2.62. The lowest BCUT2D eigenvalue weighted by Crippen LogP contribution is -2.72. The molecule has 1 heterocycles. The number of rotatable bonds is 2. The van der Waals surface area contributed by atoms with Crippen LogP contribution >= 0.6 is 0 Å². The predicted molar refractivity (Wildman–Crippen MR) is 81.4 cm³/mol.